The van der Waals surface area contributed by atoms with E-state index in [1.165, 1.54) is 36.0 Å². The zero-order chi connectivity index (χ0) is 20.3. The van der Waals surface area contributed by atoms with Crippen molar-refractivity contribution in [1.29, 1.82) is 0 Å². The number of allylic oxidation sites excluding steroid dienone is 1. The van der Waals surface area contributed by atoms with E-state index in [1.807, 2.05) is 26.8 Å². The highest BCUT2D eigenvalue weighted by Gasteiger charge is 2.20. The molecule has 0 saturated heterocycles. The molecular formula is C20H20FN5OS. The van der Waals surface area contributed by atoms with E-state index < -0.39 is 0 Å². The molecule has 0 saturated carbocycles. The molecule has 0 unspecified atom stereocenters. The Kier molecular flexibility index (Phi) is 5.89. The Labute approximate surface area is 166 Å². The van der Waals surface area contributed by atoms with Crippen LogP contribution in [0.5, 0.6) is 0 Å². The predicted molar refractivity (Wildman–Crippen MR) is 112 cm³/mol. The molecule has 1 amide bonds. The summed E-state index contributed by atoms with van der Waals surface area (Å²) in [7, 11) is 0. The van der Waals surface area contributed by atoms with Gasteiger partial charge in [0.2, 0.25) is 0 Å². The summed E-state index contributed by atoms with van der Waals surface area (Å²) in [6.45, 7) is 9.58. The molecule has 0 radical (unpaired) electrons. The second-order valence-corrected chi connectivity index (χ2v) is 7.26. The fourth-order valence-corrected chi connectivity index (χ4v) is 3.20. The van der Waals surface area contributed by atoms with E-state index >= 15 is 0 Å². The number of carbonyl (C=O) groups is 1. The lowest BCUT2D eigenvalue weighted by Gasteiger charge is -2.10. The minimum atomic E-state index is -0.370. The minimum absolute atomic E-state index is 0.0295. The highest BCUT2D eigenvalue weighted by molar-refractivity contribution is 8.10. The maximum absolute atomic E-state index is 13.1. The molecule has 0 spiro atoms. The van der Waals surface area contributed by atoms with Crippen LogP contribution in [0.4, 0.5) is 10.1 Å². The zero-order valence-corrected chi connectivity index (χ0v) is 16.6. The van der Waals surface area contributed by atoms with Gasteiger partial charge in [0.25, 0.3) is 5.91 Å². The third-order valence-electron chi connectivity index (χ3n) is 3.99. The van der Waals surface area contributed by atoms with Gasteiger partial charge >= 0.3 is 0 Å². The van der Waals surface area contributed by atoms with Crippen LogP contribution in [0, 0.1) is 5.82 Å². The van der Waals surface area contributed by atoms with Gasteiger partial charge in [-0.2, -0.15) is 0 Å². The van der Waals surface area contributed by atoms with Gasteiger partial charge in [0.1, 0.15) is 11.3 Å². The molecule has 3 rings (SSSR count). The fraction of sp³-hybridized carbons (Fsp3) is 0.200. The summed E-state index contributed by atoms with van der Waals surface area (Å²) in [6, 6.07) is 7.30. The lowest BCUT2D eigenvalue weighted by molar-refractivity contribution is 0.102. The van der Waals surface area contributed by atoms with E-state index in [0.717, 1.165) is 4.91 Å². The Hall–Kier alpha value is -3.00. The molecule has 0 aliphatic carbocycles. The second-order valence-electron chi connectivity index (χ2n) is 6.25. The maximum Gasteiger partial charge on any atom is 0.258 e. The van der Waals surface area contributed by atoms with Crippen LogP contribution < -0.4 is 5.32 Å². The zero-order valence-electron chi connectivity index (χ0n) is 15.8. The summed E-state index contributed by atoms with van der Waals surface area (Å²) in [5.41, 5.74) is 2.41. The van der Waals surface area contributed by atoms with Gasteiger partial charge < -0.3 is 5.32 Å². The van der Waals surface area contributed by atoms with Crippen molar-refractivity contribution >= 4 is 39.4 Å². The van der Waals surface area contributed by atoms with Crippen LogP contribution in [0.1, 0.15) is 42.9 Å². The molecule has 1 aromatic carbocycles. The van der Waals surface area contributed by atoms with Crippen molar-refractivity contribution in [1.82, 2.24) is 20.0 Å². The van der Waals surface area contributed by atoms with Gasteiger partial charge in [-0.15, -0.1) is 5.10 Å². The number of fused-ring (bicyclic) bond motifs is 1. The molecule has 6 nitrogen and oxygen atoms in total. The SMILES string of the molecule is C=CS/C(=C\C)c1cc(C(=O)Nc2ccc(F)cc2)c2nnn(C(C)C)c2n1. The number of carbonyl (C=O) groups excluding carboxylic acids is 1. The van der Waals surface area contributed by atoms with Gasteiger partial charge in [0, 0.05) is 10.6 Å². The highest BCUT2D eigenvalue weighted by atomic mass is 32.2. The first-order chi connectivity index (χ1) is 13.4. The molecule has 0 aliphatic rings. The topological polar surface area (TPSA) is 72.7 Å². The van der Waals surface area contributed by atoms with E-state index in [0.29, 0.717) is 28.1 Å². The van der Waals surface area contributed by atoms with E-state index in [-0.39, 0.29) is 17.8 Å². The number of halogens is 1. The van der Waals surface area contributed by atoms with Crippen molar-refractivity contribution in [2.24, 2.45) is 0 Å². The van der Waals surface area contributed by atoms with Crippen molar-refractivity contribution in [3.05, 3.63) is 65.5 Å². The van der Waals surface area contributed by atoms with Gasteiger partial charge in [0.15, 0.2) is 5.65 Å². The second kappa shape index (κ2) is 8.35. The standard InChI is InChI=1S/C20H20FN5OS/c1-5-17(28-6-2)16-11-15(18-19(23-16)26(12(3)4)25-24-18)20(27)22-14-9-7-13(21)8-10-14/h5-12H,2H2,1,3-4H3,(H,22,27)/b17-5-. The summed E-state index contributed by atoms with van der Waals surface area (Å²) in [5, 5.41) is 12.8. The summed E-state index contributed by atoms with van der Waals surface area (Å²) >= 11 is 1.42. The van der Waals surface area contributed by atoms with Crippen molar-refractivity contribution in [3.63, 3.8) is 0 Å². The molecule has 0 aliphatic heterocycles. The first-order valence-corrected chi connectivity index (χ1v) is 9.59. The van der Waals surface area contributed by atoms with E-state index in [4.69, 9.17) is 0 Å². The number of anilines is 1. The summed E-state index contributed by atoms with van der Waals surface area (Å²) < 4.78 is 14.8. The number of nitrogens with zero attached hydrogens (tertiary/aromatic N) is 4. The van der Waals surface area contributed by atoms with Crippen molar-refractivity contribution < 1.29 is 9.18 Å². The number of rotatable bonds is 6. The van der Waals surface area contributed by atoms with Crippen molar-refractivity contribution in [2.75, 3.05) is 5.32 Å². The van der Waals surface area contributed by atoms with Crippen LogP contribution in [0.2, 0.25) is 0 Å². The van der Waals surface area contributed by atoms with E-state index in [2.05, 4.69) is 27.2 Å². The number of hydrogen-bond acceptors (Lipinski definition) is 5. The number of pyridine rings is 1. The van der Waals surface area contributed by atoms with Gasteiger partial charge in [-0.3, -0.25) is 4.79 Å². The molecule has 8 heteroatoms. The average Bonchev–Trinajstić information content (AvgIpc) is 3.11. The first kappa shape index (κ1) is 19.8. The van der Waals surface area contributed by atoms with Crippen LogP contribution in [0.25, 0.3) is 16.1 Å². The quantitative estimate of drug-likeness (QED) is 0.631. The molecule has 1 N–H and O–H groups in total. The average molecular weight is 397 g/mol. The number of benzene rings is 1. The van der Waals surface area contributed by atoms with Crippen LogP contribution >= 0.6 is 11.8 Å². The molecule has 144 valence electrons. The Bertz CT molecular complexity index is 1060. The van der Waals surface area contributed by atoms with E-state index in [9.17, 15) is 9.18 Å². The number of hydrogen-bond donors (Lipinski definition) is 1. The van der Waals surface area contributed by atoms with Crippen molar-refractivity contribution in [3.8, 4) is 0 Å². The van der Waals surface area contributed by atoms with Gasteiger partial charge in [0.05, 0.1) is 17.3 Å². The van der Waals surface area contributed by atoms with Crippen LogP contribution in [-0.2, 0) is 0 Å². The molecule has 0 fully saturated rings. The van der Waals surface area contributed by atoms with Gasteiger partial charge in [-0.1, -0.05) is 29.6 Å². The Morgan fingerprint density at radius 2 is 2.04 bits per heavy atom. The molecule has 0 bridgehead atoms. The number of aromatic nitrogens is 4. The summed E-state index contributed by atoms with van der Waals surface area (Å²) in [6.07, 6.45) is 1.91. The Morgan fingerprint density at radius 1 is 1.32 bits per heavy atom. The molecule has 2 heterocycles. The monoisotopic (exact) mass is 397 g/mol. The summed E-state index contributed by atoms with van der Waals surface area (Å²) in [5.74, 6) is -0.735. The third kappa shape index (κ3) is 3.96. The van der Waals surface area contributed by atoms with Crippen LogP contribution in [0.3, 0.4) is 0 Å². The molecule has 28 heavy (non-hydrogen) atoms. The number of amides is 1. The predicted octanol–water partition coefficient (Wildman–Crippen LogP) is 5.04. The number of nitrogens with one attached hydrogen (secondary N) is 1. The van der Waals surface area contributed by atoms with Crippen LogP contribution in [-0.4, -0.2) is 25.9 Å². The fourth-order valence-electron chi connectivity index (χ4n) is 2.66. The smallest absolute Gasteiger partial charge is 0.258 e. The Morgan fingerprint density at radius 3 is 2.64 bits per heavy atom. The van der Waals surface area contributed by atoms with Crippen LogP contribution in [0.15, 0.2) is 48.4 Å². The molecule has 0 atom stereocenters. The van der Waals surface area contributed by atoms with Gasteiger partial charge in [-0.25, -0.2) is 14.1 Å². The maximum atomic E-state index is 13.1. The number of thioether (sulfide) groups is 1. The third-order valence-corrected chi connectivity index (χ3v) is 4.86. The highest BCUT2D eigenvalue weighted by Crippen LogP contribution is 2.30. The molecule has 2 aromatic heterocycles. The normalized spacial score (nSPS) is 11.8. The van der Waals surface area contributed by atoms with Gasteiger partial charge in [-0.05, 0) is 56.5 Å². The van der Waals surface area contributed by atoms with E-state index in [1.54, 1.807) is 16.2 Å². The lowest BCUT2D eigenvalue weighted by atomic mass is 10.1. The molecule has 3 aromatic rings. The Balaban J connectivity index is 2.12. The lowest BCUT2D eigenvalue weighted by Crippen LogP contribution is -2.14. The molecular weight excluding hydrogens is 377 g/mol. The van der Waals surface area contributed by atoms with Crippen molar-refractivity contribution in [2.45, 2.75) is 26.8 Å². The minimum Gasteiger partial charge on any atom is -0.322 e. The first-order valence-electron chi connectivity index (χ1n) is 8.71. The summed E-state index contributed by atoms with van der Waals surface area (Å²) in [4.78, 5) is 18.5. The largest absolute Gasteiger partial charge is 0.322 e.